The Morgan fingerprint density at radius 3 is 2.76 bits per heavy atom. The molecule has 5 heteroatoms. The van der Waals surface area contributed by atoms with Crippen molar-refractivity contribution in [2.24, 2.45) is 0 Å². The number of anilines is 1. The second-order valence-corrected chi connectivity index (χ2v) is 6.21. The van der Waals surface area contributed by atoms with Crippen LogP contribution in [0.15, 0.2) is 46.9 Å². The summed E-state index contributed by atoms with van der Waals surface area (Å²) in [6, 6.07) is 13.5. The molecule has 0 aliphatic heterocycles. The van der Waals surface area contributed by atoms with Gasteiger partial charge in [-0.1, -0.05) is 40.2 Å². The van der Waals surface area contributed by atoms with Crippen LogP contribution in [-0.4, -0.2) is 4.92 Å². The molecule has 0 aromatic heterocycles. The average Bonchev–Trinajstić information content (AvgIpc) is 3.31. The Labute approximate surface area is 131 Å². The van der Waals surface area contributed by atoms with Gasteiger partial charge in [0.15, 0.2) is 0 Å². The number of nitrogens with one attached hydrogen (secondary N) is 1. The highest BCUT2D eigenvalue weighted by atomic mass is 79.9. The van der Waals surface area contributed by atoms with Gasteiger partial charge in [-0.3, -0.25) is 10.1 Å². The maximum atomic E-state index is 11.1. The summed E-state index contributed by atoms with van der Waals surface area (Å²) in [7, 11) is 0. The van der Waals surface area contributed by atoms with Crippen molar-refractivity contribution in [3.8, 4) is 0 Å². The van der Waals surface area contributed by atoms with E-state index in [2.05, 4.69) is 39.4 Å². The zero-order valence-electron chi connectivity index (χ0n) is 11.4. The summed E-state index contributed by atoms with van der Waals surface area (Å²) in [5.74, 6) is 0.715. The van der Waals surface area contributed by atoms with Gasteiger partial charge in [-0.15, -0.1) is 0 Å². The zero-order chi connectivity index (χ0) is 14.8. The molecule has 2 aromatic rings. The number of nitro benzene ring substituents is 1. The normalized spacial score (nSPS) is 14.0. The third-order valence-electron chi connectivity index (χ3n) is 3.64. The van der Waals surface area contributed by atoms with E-state index in [1.807, 2.05) is 6.07 Å². The second-order valence-electron chi connectivity index (χ2n) is 5.29. The fourth-order valence-corrected chi connectivity index (χ4v) is 2.73. The number of nitrogens with zero attached hydrogens (tertiary/aromatic N) is 1. The van der Waals surface area contributed by atoms with Crippen LogP contribution in [0.3, 0.4) is 0 Å². The molecule has 2 aromatic carbocycles. The number of hydrogen-bond acceptors (Lipinski definition) is 3. The van der Waals surface area contributed by atoms with Crippen LogP contribution in [-0.2, 0) is 6.54 Å². The van der Waals surface area contributed by atoms with Crippen LogP contribution in [0.1, 0.15) is 29.9 Å². The van der Waals surface area contributed by atoms with Crippen LogP contribution in [0.4, 0.5) is 11.4 Å². The monoisotopic (exact) mass is 346 g/mol. The van der Waals surface area contributed by atoms with Gasteiger partial charge >= 0.3 is 0 Å². The van der Waals surface area contributed by atoms with Crippen LogP contribution in [0.5, 0.6) is 0 Å². The Kier molecular flexibility index (Phi) is 3.92. The van der Waals surface area contributed by atoms with Crippen molar-refractivity contribution in [1.82, 2.24) is 0 Å². The summed E-state index contributed by atoms with van der Waals surface area (Å²) >= 11 is 3.26. The van der Waals surface area contributed by atoms with Gasteiger partial charge in [-0.05, 0) is 42.0 Å². The molecule has 1 N–H and O–H groups in total. The second kappa shape index (κ2) is 5.85. The van der Waals surface area contributed by atoms with Crippen molar-refractivity contribution >= 4 is 27.3 Å². The largest absolute Gasteiger partial charge is 0.375 e. The SMILES string of the molecule is O=[N+]([O-])c1cc(Br)ccc1NCc1cccc(C2CC2)c1. The van der Waals surface area contributed by atoms with Crippen molar-refractivity contribution in [2.75, 3.05) is 5.32 Å². The van der Waals surface area contributed by atoms with Gasteiger partial charge in [0.1, 0.15) is 5.69 Å². The molecule has 1 fully saturated rings. The van der Waals surface area contributed by atoms with Crippen molar-refractivity contribution in [3.63, 3.8) is 0 Å². The molecule has 0 atom stereocenters. The van der Waals surface area contributed by atoms with Gasteiger partial charge in [0.05, 0.1) is 4.92 Å². The number of nitro groups is 1. The van der Waals surface area contributed by atoms with E-state index in [9.17, 15) is 10.1 Å². The molecule has 0 spiro atoms. The third kappa shape index (κ3) is 3.42. The van der Waals surface area contributed by atoms with Gasteiger partial charge in [0, 0.05) is 17.1 Å². The minimum atomic E-state index is -0.367. The Balaban J connectivity index is 1.75. The summed E-state index contributed by atoms with van der Waals surface area (Å²) in [6.45, 7) is 0.586. The van der Waals surface area contributed by atoms with E-state index < -0.39 is 0 Å². The van der Waals surface area contributed by atoms with Gasteiger partial charge < -0.3 is 5.32 Å². The van der Waals surface area contributed by atoms with Crippen molar-refractivity contribution in [2.45, 2.75) is 25.3 Å². The molecule has 0 unspecified atom stereocenters. The van der Waals surface area contributed by atoms with Crippen LogP contribution < -0.4 is 5.32 Å². The van der Waals surface area contributed by atoms with Crippen molar-refractivity contribution in [3.05, 3.63) is 68.2 Å². The van der Waals surface area contributed by atoms with Crippen LogP contribution >= 0.6 is 15.9 Å². The van der Waals surface area contributed by atoms with Crippen molar-refractivity contribution < 1.29 is 4.92 Å². The highest BCUT2D eigenvalue weighted by molar-refractivity contribution is 9.10. The zero-order valence-corrected chi connectivity index (χ0v) is 13.0. The van der Waals surface area contributed by atoms with Crippen LogP contribution in [0.25, 0.3) is 0 Å². The van der Waals surface area contributed by atoms with E-state index in [4.69, 9.17) is 0 Å². The fraction of sp³-hybridized carbons (Fsp3) is 0.250. The summed E-state index contributed by atoms with van der Waals surface area (Å²) in [5, 5.41) is 14.2. The van der Waals surface area contributed by atoms with E-state index in [0.29, 0.717) is 22.6 Å². The molecule has 3 rings (SSSR count). The minimum absolute atomic E-state index is 0.0859. The maximum absolute atomic E-state index is 11.1. The number of benzene rings is 2. The third-order valence-corrected chi connectivity index (χ3v) is 4.13. The van der Waals surface area contributed by atoms with E-state index in [-0.39, 0.29) is 10.6 Å². The van der Waals surface area contributed by atoms with Crippen molar-refractivity contribution in [1.29, 1.82) is 0 Å². The lowest BCUT2D eigenvalue weighted by Crippen LogP contribution is -2.03. The lowest BCUT2D eigenvalue weighted by molar-refractivity contribution is -0.384. The molecule has 108 valence electrons. The summed E-state index contributed by atoms with van der Waals surface area (Å²) in [6.07, 6.45) is 2.55. The molecule has 0 saturated heterocycles. The molecular weight excluding hydrogens is 332 g/mol. The summed E-state index contributed by atoms with van der Waals surface area (Å²) < 4.78 is 0.704. The molecule has 1 aliphatic rings. The smallest absolute Gasteiger partial charge is 0.293 e. The Bertz CT molecular complexity index is 684. The average molecular weight is 347 g/mol. The quantitative estimate of drug-likeness (QED) is 0.622. The van der Waals surface area contributed by atoms with E-state index >= 15 is 0 Å². The molecular formula is C16H15BrN2O2. The molecule has 0 heterocycles. The van der Waals surface area contributed by atoms with E-state index in [0.717, 1.165) is 5.56 Å². The number of halogens is 1. The highest BCUT2D eigenvalue weighted by Crippen LogP contribution is 2.40. The van der Waals surface area contributed by atoms with Crippen LogP contribution in [0, 0.1) is 10.1 Å². The first kappa shape index (κ1) is 14.1. The molecule has 1 saturated carbocycles. The Hall–Kier alpha value is -1.88. The predicted octanol–water partition coefficient (Wildman–Crippen LogP) is 4.85. The number of rotatable bonds is 5. The Morgan fingerprint density at radius 2 is 2.05 bits per heavy atom. The van der Waals surface area contributed by atoms with E-state index in [1.165, 1.54) is 24.5 Å². The predicted molar refractivity (Wildman–Crippen MR) is 86.5 cm³/mol. The van der Waals surface area contributed by atoms with E-state index in [1.54, 1.807) is 12.1 Å². The molecule has 4 nitrogen and oxygen atoms in total. The van der Waals surface area contributed by atoms with Gasteiger partial charge in [-0.2, -0.15) is 0 Å². The van der Waals surface area contributed by atoms with Gasteiger partial charge in [0.25, 0.3) is 5.69 Å². The summed E-state index contributed by atoms with van der Waals surface area (Å²) in [4.78, 5) is 10.7. The van der Waals surface area contributed by atoms with Gasteiger partial charge in [0.2, 0.25) is 0 Å². The Morgan fingerprint density at radius 1 is 1.24 bits per heavy atom. The maximum Gasteiger partial charge on any atom is 0.293 e. The topological polar surface area (TPSA) is 55.2 Å². The number of hydrogen-bond donors (Lipinski definition) is 1. The summed E-state index contributed by atoms with van der Waals surface area (Å²) in [5.41, 5.74) is 3.15. The lowest BCUT2D eigenvalue weighted by atomic mass is 10.1. The first-order valence-electron chi connectivity index (χ1n) is 6.90. The standard InChI is InChI=1S/C16H15BrN2O2/c17-14-6-7-15(16(9-14)19(20)21)18-10-11-2-1-3-13(8-11)12-4-5-12/h1-3,6-9,12,18H,4-5,10H2. The molecule has 21 heavy (non-hydrogen) atoms. The molecule has 0 bridgehead atoms. The first-order valence-corrected chi connectivity index (χ1v) is 7.69. The van der Waals surface area contributed by atoms with Gasteiger partial charge in [-0.25, -0.2) is 0 Å². The molecule has 1 aliphatic carbocycles. The highest BCUT2D eigenvalue weighted by Gasteiger charge is 2.23. The first-order chi connectivity index (χ1) is 10.1. The van der Waals surface area contributed by atoms with Crippen LogP contribution in [0.2, 0.25) is 0 Å². The minimum Gasteiger partial charge on any atom is -0.375 e. The lowest BCUT2D eigenvalue weighted by Gasteiger charge is -2.09. The molecule has 0 amide bonds. The molecule has 0 radical (unpaired) electrons. The fourth-order valence-electron chi connectivity index (χ4n) is 2.38.